The largest absolute Gasteiger partial charge is 0.465 e. The Morgan fingerprint density at radius 1 is 1.19 bits per heavy atom. The summed E-state index contributed by atoms with van der Waals surface area (Å²) in [6.45, 7) is 4.60. The lowest BCUT2D eigenvalue weighted by molar-refractivity contribution is -0.167. The normalized spacial score (nSPS) is 40.1. The number of rotatable bonds is 4. The Kier molecular flexibility index (Phi) is 3.53. The lowest BCUT2D eigenvalue weighted by Gasteiger charge is -2.60. The molecule has 4 heteroatoms. The van der Waals surface area contributed by atoms with Crippen molar-refractivity contribution in [3.05, 3.63) is 0 Å². The number of carbonyl (C=O) groups excluding carboxylic acids is 2. The lowest BCUT2D eigenvalue weighted by atomic mass is 9.44. The van der Waals surface area contributed by atoms with Crippen LogP contribution >= 0.6 is 0 Å². The van der Waals surface area contributed by atoms with Gasteiger partial charge in [0.25, 0.3) is 0 Å². The topological polar surface area (TPSA) is 46.6 Å². The first-order valence-electron chi connectivity index (χ1n) is 8.27. The number of amides is 1. The van der Waals surface area contributed by atoms with Crippen molar-refractivity contribution in [1.29, 1.82) is 0 Å². The van der Waals surface area contributed by atoms with E-state index < -0.39 is 0 Å². The fourth-order valence-corrected chi connectivity index (χ4v) is 5.85. The first kappa shape index (κ1) is 14.9. The second-order valence-electron chi connectivity index (χ2n) is 8.02. The van der Waals surface area contributed by atoms with Gasteiger partial charge in [-0.25, -0.2) is 0 Å². The van der Waals surface area contributed by atoms with Crippen LogP contribution in [0.5, 0.6) is 0 Å². The third-order valence-corrected chi connectivity index (χ3v) is 5.83. The molecular weight excluding hydrogens is 266 g/mol. The van der Waals surface area contributed by atoms with Gasteiger partial charge in [0.05, 0.1) is 12.0 Å². The molecule has 0 heterocycles. The highest BCUT2D eigenvalue weighted by Gasteiger charge is 2.59. The second-order valence-corrected chi connectivity index (χ2v) is 8.02. The first-order valence-corrected chi connectivity index (χ1v) is 8.27. The number of hydrogen-bond acceptors (Lipinski definition) is 3. The van der Waals surface area contributed by atoms with Gasteiger partial charge in [-0.15, -0.1) is 0 Å². The molecule has 4 saturated carbocycles. The highest BCUT2D eigenvalue weighted by molar-refractivity contribution is 5.86. The van der Waals surface area contributed by atoms with Gasteiger partial charge in [0, 0.05) is 7.05 Å². The third-order valence-electron chi connectivity index (χ3n) is 5.83. The van der Waals surface area contributed by atoms with Crippen LogP contribution in [-0.4, -0.2) is 37.0 Å². The van der Waals surface area contributed by atoms with E-state index in [0.717, 1.165) is 31.1 Å². The summed E-state index contributed by atoms with van der Waals surface area (Å²) in [6.07, 6.45) is 6.97. The Labute approximate surface area is 127 Å². The van der Waals surface area contributed by atoms with Gasteiger partial charge in [0.15, 0.2) is 0 Å². The molecule has 4 rings (SSSR count). The number of nitrogens with zero attached hydrogens (tertiary/aromatic N) is 1. The summed E-state index contributed by atoms with van der Waals surface area (Å²) >= 11 is 0. The molecule has 0 radical (unpaired) electrons. The van der Waals surface area contributed by atoms with Crippen molar-refractivity contribution in [1.82, 2.24) is 4.90 Å². The van der Waals surface area contributed by atoms with Gasteiger partial charge in [-0.3, -0.25) is 9.59 Å². The summed E-state index contributed by atoms with van der Waals surface area (Å²) in [7, 11) is 1.75. The van der Waals surface area contributed by atoms with Crippen molar-refractivity contribution in [3.8, 4) is 0 Å². The number of esters is 1. The fraction of sp³-hybridized carbons (Fsp3) is 0.882. The van der Waals surface area contributed by atoms with Gasteiger partial charge in [-0.05, 0) is 62.7 Å². The number of ether oxygens (including phenoxy) is 1. The van der Waals surface area contributed by atoms with Crippen LogP contribution in [0.1, 0.15) is 52.4 Å². The lowest BCUT2D eigenvalue weighted by Crippen LogP contribution is -2.57. The van der Waals surface area contributed by atoms with Crippen LogP contribution in [0.4, 0.5) is 0 Å². The average molecular weight is 293 g/mol. The van der Waals surface area contributed by atoms with Gasteiger partial charge in [-0.1, -0.05) is 6.92 Å². The standard InChI is InChI=1S/C17H27NO3/c1-4-21-14(19)10-18(3)15(20)17-8-12-5-13(9-17)7-16(2,6-12)11-17/h12-13H,4-11H2,1-3H3. The molecule has 118 valence electrons. The smallest absolute Gasteiger partial charge is 0.325 e. The Balaban J connectivity index is 1.73. The van der Waals surface area contributed by atoms with E-state index in [2.05, 4.69) is 6.92 Å². The molecule has 4 fully saturated rings. The van der Waals surface area contributed by atoms with Gasteiger partial charge < -0.3 is 9.64 Å². The first-order chi connectivity index (χ1) is 9.86. The summed E-state index contributed by atoms with van der Waals surface area (Å²) in [5, 5.41) is 0. The van der Waals surface area contributed by atoms with Crippen LogP contribution in [0.15, 0.2) is 0 Å². The van der Waals surface area contributed by atoms with Crippen molar-refractivity contribution in [2.24, 2.45) is 22.7 Å². The van der Waals surface area contributed by atoms with Crippen molar-refractivity contribution < 1.29 is 14.3 Å². The van der Waals surface area contributed by atoms with Crippen LogP contribution in [0, 0.1) is 22.7 Å². The van der Waals surface area contributed by atoms with Crippen LogP contribution in [-0.2, 0) is 14.3 Å². The second kappa shape index (κ2) is 4.99. The van der Waals surface area contributed by atoms with Gasteiger partial charge >= 0.3 is 5.97 Å². The van der Waals surface area contributed by atoms with Crippen molar-refractivity contribution in [3.63, 3.8) is 0 Å². The van der Waals surface area contributed by atoms with E-state index in [1.165, 1.54) is 19.3 Å². The van der Waals surface area contributed by atoms with E-state index >= 15 is 0 Å². The van der Waals surface area contributed by atoms with Gasteiger partial charge in [0.1, 0.15) is 6.54 Å². The molecule has 0 spiro atoms. The quantitative estimate of drug-likeness (QED) is 0.749. The SMILES string of the molecule is CCOC(=O)CN(C)C(=O)C12CC3CC(CC(C)(C3)C1)C2. The minimum absolute atomic E-state index is 0.0838. The minimum atomic E-state index is -0.302. The molecule has 0 aromatic carbocycles. The van der Waals surface area contributed by atoms with Gasteiger partial charge in [0.2, 0.25) is 5.91 Å². The number of likely N-dealkylation sites (N-methyl/N-ethyl adjacent to an activating group) is 1. The van der Waals surface area contributed by atoms with Gasteiger partial charge in [-0.2, -0.15) is 0 Å². The monoisotopic (exact) mass is 293 g/mol. The van der Waals surface area contributed by atoms with E-state index in [1.54, 1.807) is 18.9 Å². The predicted octanol–water partition coefficient (Wildman–Crippen LogP) is 2.61. The van der Waals surface area contributed by atoms with Crippen molar-refractivity contribution in [2.45, 2.75) is 52.4 Å². The van der Waals surface area contributed by atoms with E-state index in [4.69, 9.17) is 4.74 Å². The van der Waals surface area contributed by atoms with Crippen LogP contribution < -0.4 is 0 Å². The molecule has 2 atom stereocenters. The molecule has 4 aliphatic rings. The van der Waals surface area contributed by atoms with E-state index in [1.807, 2.05) is 0 Å². The Morgan fingerprint density at radius 2 is 1.81 bits per heavy atom. The van der Waals surface area contributed by atoms with E-state index in [-0.39, 0.29) is 23.8 Å². The molecule has 0 saturated heterocycles. The Hall–Kier alpha value is -1.06. The van der Waals surface area contributed by atoms with Crippen LogP contribution in [0.25, 0.3) is 0 Å². The summed E-state index contributed by atoms with van der Waals surface area (Å²) < 4.78 is 4.97. The molecule has 2 unspecified atom stereocenters. The zero-order valence-corrected chi connectivity index (χ0v) is 13.5. The summed E-state index contributed by atoms with van der Waals surface area (Å²) in [5.41, 5.74) is 0.157. The summed E-state index contributed by atoms with van der Waals surface area (Å²) in [4.78, 5) is 26.2. The maximum atomic E-state index is 13.0. The molecule has 21 heavy (non-hydrogen) atoms. The third kappa shape index (κ3) is 2.58. The van der Waals surface area contributed by atoms with E-state index in [9.17, 15) is 9.59 Å². The maximum absolute atomic E-state index is 13.0. The molecule has 1 amide bonds. The van der Waals surface area contributed by atoms with Crippen LogP contribution in [0.2, 0.25) is 0 Å². The molecule has 0 aromatic rings. The fourth-order valence-electron chi connectivity index (χ4n) is 5.85. The Morgan fingerprint density at radius 3 is 2.33 bits per heavy atom. The Bertz CT molecular complexity index is 445. The molecule has 0 aromatic heterocycles. The minimum Gasteiger partial charge on any atom is -0.465 e. The zero-order valence-electron chi connectivity index (χ0n) is 13.5. The zero-order chi connectivity index (χ0) is 15.3. The highest BCUT2D eigenvalue weighted by atomic mass is 16.5. The summed E-state index contributed by atoms with van der Waals surface area (Å²) in [6, 6.07) is 0. The number of hydrogen-bond donors (Lipinski definition) is 0. The molecule has 0 aliphatic heterocycles. The average Bonchev–Trinajstić information content (AvgIpc) is 2.34. The highest BCUT2D eigenvalue weighted by Crippen LogP contribution is 2.65. The molecule has 4 nitrogen and oxygen atoms in total. The summed E-state index contributed by atoms with van der Waals surface area (Å²) in [5.74, 6) is 1.31. The van der Waals surface area contributed by atoms with Crippen LogP contribution in [0.3, 0.4) is 0 Å². The molecule has 4 aliphatic carbocycles. The van der Waals surface area contributed by atoms with Crippen molar-refractivity contribution >= 4 is 11.9 Å². The predicted molar refractivity (Wildman–Crippen MR) is 79.5 cm³/mol. The number of carbonyl (C=O) groups is 2. The molecular formula is C17H27NO3. The maximum Gasteiger partial charge on any atom is 0.325 e. The van der Waals surface area contributed by atoms with Crippen molar-refractivity contribution in [2.75, 3.05) is 20.2 Å². The van der Waals surface area contributed by atoms with E-state index in [0.29, 0.717) is 12.0 Å². The molecule has 0 N–H and O–H groups in total. The molecule has 4 bridgehead atoms.